The summed E-state index contributed by atoms with van der Waals surface area (Å²) in [6.45, 7) is 4.08. The fourth-order valence-electron chi connectivity index (χ4n) is 3.68. The molecule has 0 amide bonds. The second-order valence-corrected chi connectivity index (χ2v) is 11.0. The van der Waals surface area contributed by atoms with Crippen molar-refractivity contribution in [1.82, 2.24) is 14.8 Å². The number of primary sulfonamides is 1. The number of anilines is 1. The van der Waals surface area contributed by atoms with Crippen LogP contribution in [0, 0.1) is 13.8 Å². The van der Waals surface area contributed by atoms with Crippen molar-refractivity contribution in [3.63, 3.8) is 0 Å². The molecule has 2 aromatic heterocycles. The highest BCUT2D eigenvalue weighted by Crippen LogP contribution is 2.26. The topological polar surface area (TPSA) is 115 Å². The number of nitrogens with two attached hydrogens (primary N) is 1. The van der Waals surface area contributed by atoms with Crippen molar-refractivity contribution in [2.24, 2.45) is 10.2 Å². The van der Waals surface area contributed by atoms with Gasteiger partial charge in [0.25, 0.3) is 0 Å². The first kappa shape index (κ1) is 24.6. The Morgan fingerprint density at radius 3 is 2.16 bits per heavy atom. The SMILES string of the molecule is Cc1ccc(-c2csc(N/N=C/c3cn(-c4ccc(S(N)(=O)=O)cc4)nc3-c3ccc(C)cc3)n2)cc1. The third kappa shape index (κ3) is 5.67. The lowest BCUT2D eigenvalue weighted by Gasteiger charge is -2.03. The molecule has 8 nitrogen and oxygen atoms in total. The summed E-state index contributed by atoms with van der Waals surface area (Å²) in [6, 6.07) is 22.5. The van der Waals surface area contributed by atoms with Gasteiger partial charge in [0.05, 0.1) is 22.5 Å². The summed E-state index contributed by atoms with van der Waals surface area (Å²) in [6.07, 6.45) is 3.54. The highest BCUT2D eigenvalue weighted by molar-refractivity contribution is 7.89. The molecule has 0 unspecified atom stereocenters. The minimum absolute atomic E-state index is 0.0432. The standard InChI is InChI=1S/C27H24N6O2S2/c1-18-3-7-20(8-4-18)25-17-36-27(30-25)31-29-15-22-16-33(23-11-13-24(14-12-23)37(28,34)35)32-26(22)21-9-5-19(2)6-10-21/h3-17H,1-2H3,(H,30,31)(H2,28,34,35)/b29-15+. The Hall–Kier alpha value is -4.12. The van der Waals surface area contributed by atoms with Crippen molar-refractivity contribution >= 4 is 32.7 Å². The van der Waals surface area contributed by atoms with Gasteiger partial charge in [-0.1, -0.05) is 59.7 Å². The zero-order chi connectivity index (χ0) is 26.0. The van der Waals surface area contributed by atoms with E-state index in [0.717, 1.165) is 33.6 Å². The van der Waals surface area contributed by atoms with Crippen LogP contribution in [0.3, 0.4) is 0 Å². The van der Waals surface area contributed by atoms with Crippen molar-refractivity contribution in [1.29, 1.82) is 0 Å². The van der Waals surface area contributed by atoms with E-state index in [4.69, 9.17) is 10.2 Å². The van der Waals surface area contributed by atoms with E-state index >= 15 is 0 Å². The molecule has 5 aromatic rings. The summed E-state index contributed by atoms with van der Waals surface area (Å²) < 4.78 is 24.9. The smallest absolute Gasteiger partial charge is 0.238 e. The number of aryl methyl sites for hydroxylation is 2. The molecule has 0 fully saturated rings. The Morgan fingerprint density at radius 2 is 1.54 bits per heavy atom. The maximum absolute atomic E-state index is 11.6. The predicted molar refractivity (Wildman–Crippen MR) is 149 cm³/mol. The van der Waals surface area contributed by atoms with E-state index in [2.05, 4.69) is 46.7 Å². The van der Waals surface area contributed by atoms with Crippen molar-refractivity contribution in [3.05, 3.63) is 101 Å². The molecule has 37 heavy (non-hydrogen) atoms. The normalized spacial score (nSPS) is 11.8. The summed E-state index contributed by atoms with van der Waals surface area (Å²) >= 11 is 1.48. The summed E-state index contributed by atoms with van der Waals surface area (Å²) in [4.78, 5) is 4.67. The summed E-state index contributed by atoms with van der Waals surface area (Å²) in [7, 11) is -3.77. The van der Waals surface area contributed by atoms with E-state index in [1.54, 1.807) is 23.0 Å². The lowest BCUT2D eigenvalue weighted by Crippen LogP contribution is -2.12. The number of nitrogens with one attached hydrogen (secondary N) is 1. The predicted octanol–water partition coefficient (Wildman–Crippen LogP) is 5.37. The Balaban J connectivity index is 1.42. The zero-order valence-corrected chi connectivity index (χ0v) is 21.8. The molecule has 0 aliphatic carbocycles. The van der Waals surface area contributed by atoms with E-state index in [1.165, 1.54) is 29.0 Å². The van der Waals surface area contributed by atoms with Crippen LogP contribution >= 0.6 is 11.3 Å². The van der Waals surface area contributed by atoms with E-state index in [-0.39, 0.29) is 4.90 Å². The number of sulfonamides is 1. The van der Waals surface area contributed by atoms with Crippen molar-refractivity contribution in [2.45, 2.75) is 18.7 Å². The molecule has 0 aliphatic rings. The Bertz CT molecular complexity index is 1670. The first-order valence-electron chi connectivity index (χ1n) is 11.4. The molecule has 0 aliphatic heterocycles. The zero-order valence-electron chi connectivity index (χ0n) is 20.2. The van der Waals surface area contributed by atoms with Crippen LogP contribution in [0.25, 0.3) is 28.2 Å². The molecular formula is C27H24N6O2S2. The summed E-state index contributed by atoms with van der Waals surface area (Å²) in [5.41, 5.74) is 10.4. The summed E-state index contributed by atoms with van der Waals surface area (Å²) in [5, 5.41) is 17.1. The minimum atomic E-state index is -3.77. The van der Waals surface area contributed by atoms with Gasteiger partial charge < -0.3 is 0 Å². The first-order chi connectivity index (χ1) is 17.8. The van der Waals surface area contributed by atoms with Crippen LogP contribution in [0.15, 0.2) is 94.4 Å². The molecular weight excluding hydrogens is 504 g/mol. The average Bonchev–Trinajstić information content (AvgIpc) is 3.52. The number of hydrogen-bond donors (Lipinski definition) is 2. The number of hydrogen-bond acceptors (Lipinski definition) is 7. The summed E-state index contributed by atoms with van der Waals surface area (Å²) in [5.74, 6) is 0. The number of hydrazone groups is 1. The number of thiazole rings is 1. The molecule has 0 saturated carbocycles. The minimum Gasteiger partial charge on any atom is -0.253 e. The third-order valence-corrected chi connectivity index (χ3v) is 7.39. The largest absolute Gasteiger partial charge is 0.253 e. The number of rotatable bonds is 7. The fraction of sp³-hybridized carbons (Fsp3) is 0.0741. The van der Waals surface area contributed by atoms with Crippen molar-refractivity contribution in [3.8, 4) is 28.2 Å². The van der Waals surface area contributed by atoms with Gasteiger partial charge in [-0.2, -0.15) is 10.2 Å². The Labute approximate surface area is 219 Å². The van der Waals surface area contributed by atoms with Gasteiger partial charge in [-0.25, -0.2) is 23.2 Å². The second kappa shape index (κ2) is 10.1. The third-order valence-electron chi connectivity index (χ3n) is 5.71. The van der Waals surface area contributed by atoms with Crippen LogP contribution < -0.4 is 10.6 Å². The quantitative estimate of drug-likeness (QED) is 0.218. The molecule has 0 saturated heterocycles. The van der Waals surface area contributed by atoms with Gasteiger partial charge in [0.1, 0.15) is 5.69 Å². The molecule has 3 N–H and O–H groups in total. The van der Waals surface area contributed by atoms with Gasteiger partial charge in [-0.3, -0.25) is 5.43 Å². The highest BCUT2D eigenvalue weighted by atomic mass is 32.2. The number of nitrogens with zero attached hydrogens (tertiary/aromatic N) is 4. The monoisotopic (exact) mass is 528 g/mol. The molecule has 0 bridgehead atoms. The molecule has 0 spiro atoms. The Morgan fingerprint density at radius 1 is 0.919 bits per heavy atom. The van der Waals surface area contributed by atoms with Crippen molar-refractivity contribution < 1.29 is 8.42 Å². The molecule has 0 atom stereocenters. The lowest BCUT2D eigenvalue weighted by atomic mass is 10.1. The van der Waals surface area contributed by atoms with Gasteiger partial charge >= 0.3 is 0 Å². The fourth-order valence-corrected chi connectivity index (χ4v) is 4.86. The highest BCUT2D eigenvalue weighted by Gasteiger charge is 2.13. The van der Waals surface area contributed by atoms with Crippen molar-refractivity contribution in [2.75, 3.05) is 5.43 Å². The van der Waals surface area contributed by atoms with Gasteiger partial charge in [0.2, 0.25) is 15.2 Å². The van der Waals surface area contributed by atoms with Crippen LogP contribution in [0.5, 0.6) is 0 Å². The lowest BCUT2D eigenvalue weighted by molar-refractivity contribution is 0.598. The number of aromatic nitrogens is 3. The molecule has 186 valence electrons. The average molecular weight is 529 g/mol. The van der Waals surface area contributed by atoms with E-state index in [0.29, 0.717) is 10.8 Å². The van der Waals surface area contributed by atoms with Crippen LogP contribution in [-0.2, 0) is 10.0 Å². The van der Waals surface area contributed by atoms with Crippen LogP contribution in [0.2, 0.25) is 0 Å². The van der Waals surface area contributed by atoms with E-state index < -0.39 is 10.0 Å². The molecule has 2 heterocycles. The molecule has 3 aromatic carbocycles. The second-order valence-electron chi connectivity index (χ2n) is 8.56. The van der Waals surface area contributed by atoms with Gasteiger partial charge in [-0.15, -0.1) is 11.3 Å². The first-order valence-corrected chi connectivity index (χ1v) is 13.8. The molecule has 5 rings (SSSR count). The maximum Gasteiger partial charge on any atom is 0.238 e. The maximum atomic E-state index is 11.6. The Kier molecular flexibility index (Phi) is 6.70. The van der Waals surface area contributed by atoms with Crippen LogP contribution in [-0.4, -0.2) is 29.4 Å². The van der Waals surface area contributed by atoms with E-state index in [9.17, 15) is 8.42 Å². The van der Waals surface area contributed by atoms with Crippen LogP contribution in [0.1, 0.15) is 16.7 Å². The molecule has 10 heteroatoms. The van der Waals surface area contributed by atoms with Gasteiger partial charge in [-0.05, 0) is 38.1 Å². The van der Waals surface area contributed by atoms with Gasteiger partial charge in [0.15, 0.2) is 0 Å². The number of benzene rings is 3. The van der Waals surface area contributed by atoms with Crippen LogP contribution in [0.4, 0.5) is 5.13 Å². The molecule has 0 radical (unpaired) electrons. The van der Waals surface area contributed by atoms with E-state index in [1.807, 2.05) is 42.8 Å². The van der Waals surface area contributed by atoms with Gasteiger partial charge in [0, 0.05) is 28.3 Å².